The molecule has 5 rings (SSSR count). The van der Waals surface area contributed by atoms with Gasteiger partial charge in [-0.25, -0.2) is 9.97 Å². The molecule has 1 N–H and O–H groups in total. The van der Waals surface area contributed by atoms with Crippen molar-refractivity contribution in [3.8, 4) is 5.75 Å². The van der Waals surface area contributed by atoms with Crippen LogP contribution in [0.2, 0.25) is 5.15 Å². The van der Waals surface area contributed by atoms with E-state index in [-0.39, 0.29) is 0 Å². The molecule has 0 radical (unpaired) electrons. The lowest BCUT2D eigenvalue weighted by atomic mass is 10.1. The number of ether oxygens (including phenoxy) is 1. The average Bonchev–Trinajstić information content (AvgIpc) is 3.46. The number of nitrogens with zero attached hydrogens (tertiary/aromatic N) is 4. The smallest absolute Gasteiger partial charge is 0.138 e. The second kappa shape index (κ2) is 7.13. The monoisotopic (exact) mass is 391 g/mol. The van der Waals surface area contributed by atoms with Crippen molar-refractivity contribution >= 4 is 33.9 Å². The van der Waals surface area contributed by atoms with E-state index in [1.807, 2.05) is 41.2 Å². The van der Waals surface area contributed by atoms with Crippen LogP contribution in [0.5, 0.6) is 5.75 Å². The van der Waals surface area contributed by atoms with Crippen molar-refractivity contribution in [3.05, 3.63) is 71.9 Å². The Morgan fingerprint density at radius 1 is 1.11 bits per heavy atom. The number of nitrogens with one attached hydrogen (secondary N) is 1. The van der Waals surface area contributed by atoms with Crippen molar-refractivity contribution in [2.24, 2.45) is 0 Å². The van der Waals surface area contributed by atoms with E-state index in [2.05, 4.69) is 26.6 Å². The van der Waals surface area contributed by atoms with Gasteiger partial charge in [-0.2, -0.15) is 5.10 Å². The molecule has 0 aliphatic heterocycles. The molecule has 0 spiro atoms. The number of halogens is 1. The maximum atomic E-state index is 5.97. The quantitative estimate of drug-likeness (QED) is 0.461. The zero-order chi connectivity index (χ0) is 18.9. The summed E-state index contributed by atoms with van der Waals surface area (Å²) in [6.45, 7) is 0.505. The SMILES string of the molecule is Clc1ccc(Nc2nccc3cc(OCc4cnn(C5CC5)c4)ccc23)cn1. The Morgan fingerprint density at radius 3 is 2.86 bits per heavy atom. The molecule has 1 aliphatic rings. The summed E-state index contributed by atoms with van der Waals surface area (Å²) in [4.78, 5) is 8.54. The van der Waals surface area contributed by atoms with E-state index in [4.69, 9.17) is 16.3 Å². The number of hydrogen-bond donors (Lipinski definition) is 1. The highest BCUT2D eigenvalue weighted by Gasteiger charge is 2.24. The summed E-state index contributed by atoms with van der Waals surface area (Å²) in [6, 6.07) is 12.2. The highest BCUT2D eigenvalue weighted by Crippen LogP contribution is 2.34. The molecule has 1 fully saturated rings. The molecule has 1 aliphatic carbocycles. The van der Waals surface area contributed by atoms with Gasteiger partial charge in [0.1, 0.15) is 23.3 Å². The Bertz CT molecular complexity index is 1120. The summed E-state index contributed by atoms with van der Waals surface area (Å²) in [5, 5.41) is 10.2. The Morgan fingerprint density at radius 2 is 2.04 bits per heavy atom. The van der Waals surface area contributed by atoms with Crippen molar-refractivity contribution < 1.29 is 4.74 Å². The second-order valence-electron chi connectivity index (χ2n) is 6.89. The van der Waals surface area contributed by atoms with E-state index in [0.717, 1.165) is 33.6 Å². The first-order valence-electron chi connectivity index (χ1n) is 9.18. The lowest BCUT2D eigenvalue weighted by Crippen LogP contribution is -1.97. The molecular formula is C21H18ClN5O. The van der Waals surface area contributed by atoms with Gasteiger partial charge in [0.15, 0.2) is 0 Å². The third kappa shape index (κ3) is 3.64. The van der Waals surface area contributed by atoms with Crippen molar-refractivity contribution in [2.75, 3.05) is 5.32 Å². The number of hydrogen-bond acceptors (Lipinski definition) is 5. The minimum Gasteiger partial charge on any atom is -0.489 e. The number of benzene rings is 1. The Kier molecular flexibility index (Phi) is 4.33. The second-order valence-corrected chi connectivity index (χ2v) is 7.27. The largest absolute Gasteiger partial charge is 0.489 e. The average molecular weight is 392 g/mol. The van der Waals surface area contributed by atoms with Crippen molar-refractivity contribution in [1.29, 1.82) is 0 Å². The minimum absolute atomic E-state index is 0.459. The summed E-state index contributed by atoms with van der Waals surface area (Å²) >= 11 is 5.85. The molecular weight excluding hydrogens is 374 g/mol. The molecule has 7 heteroatoms. The van der Waals surface area contributed by atoms with E-state index < -0.39 is 0 Å². The number of anilines is 2. The fourth-order valence-corrected chi connectivity index (χ4v) is 3.20. The zero-order valence-corrected chi connectivity index (χ0v) is 15.8. The highest BCUT2D eigenvalue weighted by atomic mass is 35.5. The van der Waals surface area contributed by atoms with Crippen molar-refractivity contribution in [3.63, 3.8) is 0 Å². The van der Waals surface area contributed by atoms with E-state index in [0.29, 0.717) is 17.8 Å². The molecule has 28 heavy (non-hydrogen) atoms. The van der Waals surface area contributed by atoms with E-state index in [1.165, 1.54) is 12.8 Å². The van der Waals surface area contributed by atoms with Gasteiger partial charge in [0.05, 0.1) is 24.1 Å². The van der Waals surface area contributed by atoms with Crippen molar-refractivity contribution in [2.45, 2.75) is 25.5 Å². The van der Waals surface area contributed by atoms with Gasteiger partial charge in [0.25, 0.3) is 0 Å². The first-order chi connectivity index (χ1) is 13.7. The lowest BCUT2D eigenvalue weighted by Gasteiger charge is -2.10. The maximum Gasteiger partial charge on any atom is 0.138 e. The summed E-state index contributed by atoms with van der Waals surface area (Å²) in [5.41, 5.74) is 1.91. The Labute approximate surface area is 167 Å². The third-order valence-corrected chi connectivity index (χ3v) is 4.93. The zero-order valence-electron chi connectivity index (χ0n) is 15.0. The fraction of sp³-hybridized carbons (Fsp3) is 0.190. The van der Waals surface area contributed by atoms with Gasteiger partial charge < -0.3 is 10.1 Å². The van der Waals surface area contributed by atoms with Gasteiger partial charge in [0.2, 0.25) is 0 Å². The van der Waals surface area contributed by atoms with E-state index in [1.54, 1.807) is 18.5 Å². The van der Waals surface area contributed by atoms with Crippen LogP contribution < -0.4 is 10.1 Å². The molecule has 0 unspecified atom stereocenters. The first kappa shape index (κ1) is 17.0. The molecule has 6 nitrogen and oxygen atoms in total. The van der Waals surface area contributed by atoms with Crippen LogP contribution in [0.15, 0.2) is 61.2 Å². The summed E-state index contributed by atoms with van der Waals surface area (Å²) in [7, 11) is 0. The van der Waals surface area contributed by atoms with Crippen LogP contribution in [0.1, 0.15) is 24.4 Å². The molecule has 1 aromatic carbocycles. The van der Waals surface area contributed by atoms with Gasteiger partial charge in [-0.05, 0) is 54.6 Å². The molecule has 0 bridgehead atoms. The first-order valence-corrected chi connectivity index (χ1v) is 9.55. The van der Waals surface area contributed by atoms with Crippen LogP contribution in [0, 0.1) is 0 Å². The molecule has 0 saturated heterocycles. The van der Waals surface area contributed by atoms with Gasteiger partial charge in [0, 0.05) is 23.3 Å². The van der Waals surface area contributed by atoms with Gasteiger partial charge >= 0.3 is 0 Å². The van der Waals surface area contributed by atoms with Crippen LogP contribution in [0.3, 0.4) is 0 Å². The standard InChI is InChI=1S/C21H18ClN5O/c22-20-6-1-16(11-24-20)26-21-19-5-4-18(9-15(19)7-8-23-21)28-13-14-10-25-27(12-14)17-2-3-17/h1,4-12,17H,2-3,13H2,(H,23,26). The highest BCUT2D eigenvalue weighted by molar-refractivity contribution is 6.29. The number of pyridine rings is 2. The molecule has 4 aromatic rings. The summed E-state index contributed by atoms with van der Waals surface area (Å²) in [6.07, 6.45) is 9.86. The molecule has 0 amide bonds. The van der Waals surface area contributed by atoms with Gasteiger partial charge in [-0.15, -0.1) is 0 Å². The van der Waals surface area contributed by atoms with Crippen LogP contribution in [0.25, 0.3) is 10.8 Å². The number of rotatable bonds is 6. The van der Waals surface area contributed by atoms with Gasteiger partial charge in [-0.3, -0.25) is 4.68 Å². The predicted octanol–water partition coefficient (Wildman–Crippen LogP) is 5.14. The summed E-state index contributed by atoms with van der Waals surface area (Å²) in [5.74, 6) is 1.58. The lowest BCUT2D eigenvalue weighted by molar-refractivity contribution is 0.306. The topological polar surface area (TPSA) is 64.9 Å². The molecule has 140 valence electrons. The molecule has 0 atom stereocenters. The van der Waals surface area contributed by atoms with E-state index in [9.17, 15) is 0 Å². The Balaban J connectivity index is 1.33. The van der Waals surface area contributed by atoms with Crippen LogP contribution in [-0.4, -0.2) is 19.7 Å². The Hall–Kier alpha value is -3.12. The minimum atomic E-state index is 0.459. The predicted molar refractivity (Wildman–Crippen MR) is 109 cm³/mol. The summed E-state index contributed by atoms with van der Waals surface area (Å²) < 4.78 is 8.00. The van der Waals surface area contributed by atoms with Crippen LogP contribution >= 0.6 is 11.6 Å². The molecule has 3 heterocycles. The number of fused-ring (bicyclic) bond motifs is 1. The molecule has 1 saturated carbocycles. The van der Waals surface area contributed by atoms with Gasteiger partial charge in [-0.1, -0.05) is 11.6 Å². The van der Waals surface area contributed by atoms with E-state index >= 15 is 0 Å². The van der Waals surface area contributed by atoms with Crippen LogP contribution in [-0.2, 0) is 6.61 Å². The molecule has 3 aromatic heterocycles. The van der Waals surface area contributed by atoms with Crippen LogP contribution in [0.4, 0.5) is 11.5 Å². The number of aromatic nitrogens is 4. The van der Waals surface area contributed by atoms with Crippen molar-refractivity contribution in [1.82, 2.24) is 19.7 Å². The maximum absolute atomic E-state index is 5.97. The normalized spacial score (nSPS) is 13.6. The third-order valence-electron chi connectivity index (χ3n) is 4.71. The fourth-order valence-electron chi connectivity index (χ4n) is 3.09.